The predicted octanol–water partition coefficient (Wildman–Crippen LogP) is 4.01. The summed E-state index contributed by atoms with van der Waals surface area (Å²) in [5.74, 6) is 0.105. The maximum absolute atomic E-state index is 13.2. The highest BCUT2D eigenvalue weighted by atomic mass is 79.9. The van der Waals surface area contributed by atoms with Gasteiger partial charge in [-0.15, -0.1) is 0 Å². The summed E-state index contributed by atoms with van der Waals surface area (Å²) in [5, 5.41) is 0.312. The third kappa shape index (κ3) is 2.39. The molecule has 2 aromatic rings. The van der Waals surface area contributed by atoms with E-state index in [1.807, 2.05) is 13.0 Å². The molecule has 0 aliphatic rings. The second-order valence-electron chi connectivity index (χ2n) is 3.35. The first-order valence-electron chi connectivity index (χ1n) is 4.52. The minimum absolute atomic E-state index is 0.308. The Bertz CT molecular complexity index is 525. The molecule has 1 heterocycles. The van der Waals surface area contributed by atoms with Gasteiger partial charge in [-0.05, 0) is 46.6 Å². The lowest BCUT2D eigenvalue weighted by atomic mass is 10.1. The van der Waals surface area contributed by atoms with E-state index in [0.717, 1.165) is 5.56 Å². The summed E-state index contributed by atoms with van der Waals surface area (Å²) in [6, 6.07) is 4.64. The molecule has 16 heavy (non-hydrogen) atoms. The van der Waals surface area contributed by atoms with Crippen LogP contribution in [0.2, 0.25) is 5.15 Å². The average Bonchev–Trinajstić information content (AvgIpc) is 2.20. The summed E-state index contributed by atoms with van der Waals surface area (Å²) in [6.45, 7) is 1.81. The Kier molecular flexibility index (Phi) is 3.21. The van der Waals surface area contributed by atoms with Gasteiger partial charge in [0.2, 0.25) is 0 Å². The maximum Gasteiger partial charge on any atom is 0.161 e. The number of halogens is 3. The quantitative estimate of drug-likeness (QED) is 0.744. The number of aromatic nitrogens is 2. The fourth-order valence-corrected chi connectivity index (χ4v) is 1.67. The molecule has 2 rings (SSSR count). The molecular weight excluding hydrogens is 294 g/mol. The van der Waals surface area contributed by atoms with Crippen molar-refractivity contribution in [1.82, 2.24) is 9.97 Å². The zero-order valence-electron chi connectivity index (χ0n) is 8.34. The van der Waals surface area contributed by atoms with Gasteiger partial charge >= 0.3 is 0 Å². The molecule has 0 radical (unpaired) electrons. The summed E-state index contributed by atoms with van der Waals surface area (Å²) in [7, 11) is 0. The van der Waals surface area contributed by atoms with Crippen molar-refractivity contribution in [1.29, 1.82) is 0 Å². The molecule has 0 N–H and O–H groups in total. The Hall–Kier alpha value is -1.00. The lowest BCUT2D eigenvalue weighted by molar-refractivity contribution is 0.627. The molecule has 0 unspecified atom stereocenters. The van der Waals surface area contributed by atoms with Crippen molar-refractivity contribution in [3.05, 3.63) is 45.4 Å². The minimum atomic E-state index is -0.308. The molecule has 1 aromatic heterocycles. The Morgan fingerprint density at radius 3 is 2.69 bits per heavy atom. The van der Waals surface area contributed by atoms with Crippen LogP contribution in [0.5, 0.6) is 0 Å². The van der Waals surface area contributed by atoms with Gasteiger partial charge < -0.3 is 0 Å². The first kappa shape index (κ1) is 11.5. The van der Waals surface area contributed by atoms with Crippen molar-refractivity contribution in [3.63, 3.8) is 0 Å². The third-order valence-corrected chi connectivity index (χ3v) is 3.10. The number of benzene rings is 1. The van der Waals surface area contributed by atoms with Crippen LogP contribution >= 0.6 is 27.5 Å². The van der Waals surface area contributed by atoms with Gasteiger partial charge in [0, 0.05) is 11.8 Å². The average molecular weight is 302 g/mol. The number of nitrogens with zero attached hydrogens (tertiary/aromatic N) is 2. The van der Waals surface area contributed by atoms with Crippen LogP contribution < -0.4 is 0 Å². The number of hydrogen-bond acceptors (Lipinski definition) is 2. The van der Waals surface area contributed by atoms with E-state index in [1.54, 1.807) is 6.20 Å². The third-order valence-electron chi connectivity index (χ3n) is 2.00. The first-order chi connectivity index (χ1) is 7.56. The summed E-state index contributed by atoms with van der Waals surface area (Å²) in [6.07, 6.45) is 1.55. The van der Waals surface area contributed by atoms with Crippen molar-refractivity contribution in [2.24, 2.45) is 0 Å². The van der Waals surface area contributed by atoms with Gasteiger partial charge in [0.05, 0.1) is 4.47 Å². The monoisotopic (exact) mass is 300 g/mol. The van der Waals surface area contributed by atoms with Crippen molar-refractivity contribution in [2.75, 3.05) is 0 Å². The standard InChI is InChI=1S/C11H7BrClFN2/c1-6-2-7(4-8(14)3-6)11-15-5-9(12)10(13)16-11/h2-5H,1H3. The topological polar surface area (TPSA) is 25.8 Å². The van der Waals surface area contributed by atoms with Crippen LogP contribution in [0, 0.1) is 12.7 Å². The van der Waals surface area contributed by atoms with E-state index in [9.17, 15) is 4.39 Å². The minimum Gasteiger partial charge on any atom is -0.235 e. The number of rotatable bonds is 1. The van der Waals surface area contributed by atoms with E-state index in [-0.39, 0.29) is 5.82 Å². The Balaban J connectivity index is 2.54. The lowest BCUT2D eigenvalue weighted by Crippen LogP contribution is -1.91. The van der Waals surface area contributed by atoms with Crippen LogP contribution in [0.15, 0.2) is 28.9 Å². The van der Waals surface area contributed by atoms with Gasteiger partial charge in [-0.2, -0.15) is 0 Å². The Morgan fingerprint density at radius 1 is 1.31 bits per heavy atom. The molecule has 5 heteroatoms. The Labute approximate surface area is 106 Å². The van der Waals surface area contributed by atoms with E-state index >= 15 is 0 Å². The van der Waals surface area contributed by atoms with Crippen LogP contribution in [0.25, 0.3) is 11.4 Å². The van der Waals surface area contributed by atoms with Crippen LogP contribution in [-0.4, -0.2) is 9.97 Å². The van der Waals surface area contributed by atoms with E-state index in [2.05, 4.69) is 25.9 Å². The smallest absolute Gasteiger partial charge is 0.161 e. The zero-order valence-corrected chi connectivity index (χ0v) is 10.7. The van der Waals surface area contributed by atoms with Gasteiger partial charge in [0.15, 0.2) is 5.82 Å². The molecule has 0 saturated carbocycles. The van der Waals surface area contributed by atoms with Crippen molar-refractivity contribution in [2.45, 2.75) is 6.92 Å². The highest BCUT2D eigenvalue weighted by Gasteiger charge is 2.06. The van der Waals surface area contributed by atoms with Gasteiger partial charge in [-0.3, -0.25) is 0 Å². The summed E-state index contributed by atoms with van der Waals surface area (Å²) >= 11 is 9.05. The maximum atomic E-state index is 13.2. The van der Waals surface area contributed by atoms with Crippen molar-refractivity contribution >= 4 is 27.5 Å². The molecule has 0 spiro atoms. The Morgan fingerprint density at radius 2 is 2.06 bits per heavy atom. The number of aryl methyl sites for hydroxylation is 1. The van der Waals surface area contributed by atoms with Crippen molar-refractivity contribution in [3.8, 4) is 11.4 Å². The van der Waals surface area contributed by atoms with Crippen LogP contribution in [-0.2, 0) is 0 Å². The van der Waals surface area contributed by atoms with Gasteiger partial charge in [-0.25, -0.2) is 14.4 Å². The van der Waals surface area contributed by atoms with Crippen LogP contribution in [0.4, 0.5) is 4.39 Å². The molecule has 0 fully saturated rings. The molecule has 82 valence electrons. The molecule has 0 aliphatic heterocycles. The molecular formula is C11H7BrClFN2. The predicted molar refractivity (Wildman–Crippen MR) is 64.9 cm³/mol. The normalized spacial score (nSPS) is 10.5. The fraction of sp³-hybridized carbons (Fsp3) is 0.0909. The van der Waals surface area contributed by atoms with Gasteiger partial charge in [0.1, 0.15) is 11.0 Å². The van der Waals surface area contributed by atoms with Crippen molar-refractivity contribution < 1.29 is 4.39 Å². The molecule has 0 aliphatic carbocycles. The van der Waals surface area contributed by atoms with Crippen LogP contribution in [0.3, 0.4) is 0 Å². The van der Waals surface area contributed by atoms with E-state index in [1.165, 1.54) is 12.1 Å². The highest BCUT2D eigenvalue weighted by molar-refractivity contribution is 9.10. The lowest BCUT2D eigenvalue weighted by Gasteiger charge is -2.03. The summed E-state index contributed by atoms with van der Waals surface area (Å²) < 4.78 is 13.8. The molecule has 2 nitrogen and oxygen atoms in total. The largest absolute Gasteiger partial charge is 0.235 e. The second-order valence-corrected chi connectivity index (χ2v) is 4.56. The number of hydrogen-bond donors (Lipinski definition) is 0. The first-order valence-corrected chi connectivity index (χ1v) is 5.69. The zero-order chi connectivity index (χ0) is 11.7. The van der Waals surface area contributed by atoms with Gasteiger partial charge in [-0.1, -0.05) is 11.6 Å². The second kappa shape index (κ2) is 4.47. The van der Waals surface area contributed by atoms with E-state index < -0.39 is 0 Å². The summed E-state index contributed by atoms with van der Waals surface area (Å²) in [5.41, 5.74) is 1.43. The molecule has 0 amide bonds. The fourth-order valence-electron chi connectivity index (χ4n) is 1.35. The SMILES string of the molecule is Cc1cc(F)cc(-c2ncc(Br)c(Cl)n2)c1. The van der Waals surface area contributed by atoms with E-state index in [0.29, 0.717) is 21.0 Å². The molecule has 0 atom stereocenters. The van der Waals surface area contributed by atoms with E-state index in [4.69, 9.17) is 11.6 Å². The summed E-state index contributed by atoms with van der Waals surface area (Å²) in [4.78, 5) is 8.15. The molecule has 0 bridgehead atoms. The molecule has 1 aromatic carbocycles. The van der Waals surface area contributed by atoms with Crippen LogP contribution in [0.1, 0.15) is 5.56 Å². The highest BCUT2D eigenvalue weighted by Crippen LogP contribution is 2.24. The molecule has 0 saturated heterocycles. The van der Waals surface area contributed by atoms with Gasteiger partial charge in [0.25, 0.3) is 0 Å².